The van der Waals surface area contributed by atoms with Crippen LogP contribution in [0.25, 0.3) is 0 Å². The number of β-lactam (4-membered cyclic amide) rings is 1. The highest BCUT2D eigenvalue weighted by Crippen LogP contribution is 2.47. The van der Waals surface area contributed by atoms with E-state index in [0.717, 1.165) is 12.8 Å². The van der Waals surface area contributed by atoms with Crippen LogP contribution in [0.1, 0.15) is 45.4 Å². The predicted molar refractivity (Wildman–Crippen MR) is 52.4 cm³/mol. The maximum absolute atomic E-state index is 11.6. The zero-order valence-electron chi connectivity index (χ0n) is 8.68. The van der Waals surface area contributed by atoms with E-state index >= 15 is 0 Å². The Kier molecular flexibility index (Phi) is 2.09. The molecule has 1 saturated heterocycles. The van der Waals surface area contributed by atoms with Gasteiger partial charge in [-0.1, -0.05) is 26.2 Å². The van der Waals surface area contributed by atoms with Crippen molar-refractivity contribution in [2.45, 2.75) is 51.0 Å². The molecule has 2 atom stereocenters. The number of rotatable bonds is 1. The minimum absolute atomic E-state index is 0.258. The summed E-state index contributed by atoms with van der Waals surface area (Å²) in [4.78, 5) is 13.6. The fourth-order valence-corrected chi connectivity index (χ4v) is 3.20. The van der Waals surface area contributed by atoms with E-state index < -0.39 is 0 Å². The monoisotopic (exact) mass is 181 g/mol. The van der Waals surface area contributed by atoms with Crippen molar-refractivity contribution in [1.82, 2.24) is 4.90 Å². The molecule has 1 saturated carbocycles. The Morgan fingerprint density at radius 1 is 1.46 bits per heavy atom. The highest BCUT2D eigenvalue weighted by molar-refractivity contribution is 5.87. The summed E-state index contributed by atoms with van der Waals surface area (Å²) in [5, 5.41) is 0. The Hall–Kier alpha value is -0.530. The maximum atomic E-state index is 11.6. The first-order valence-corrected chi connectivity index (χ1v) is 5.50. The van der Waals surface area contributed by atoms with Gasteiger partial charge in [0.2, 0.25) is 5.91 Å². The molecule has 1 aliphatic heterocycles. The summed E-state index contributed by atoms with van der Waals surface area (Å²) in [5.74, 6) is 0.758. The molecular formula is C11H19NO. The molecule has 13 heavy (non-hydrogen) atoms. The van der Waals surface area contributed by atoms with Gasteiger partial charge in [0.15, 0.2) is 0 Å². The van der Waals surface area contributed by atoms with Crippen molar-refractivity contribution >= 4 is 5.91 Å². The fourth-order valence-electron chi connectivity index (χ4n) is 3.20. The van der Waals surface area contributed by atoms with E-state index in [1.807, 2.05) is 11.9 Å². The Morgan fingerprint density at radius 3 is 2.92 bits per heavy atom. The van der Waals surface area contributed by atoms with Crippen LogP contribution in [-0.4, -0.2) is 23.4 Å². The van der Waals surface area contributed by atoms with Crippen molar-refractivity contribution in [3.63, 3.8) is 0 Å². The molecule has 0 N–H and O–H groups in total. The number of fused-ring (bicyclic) bond motifs is 1. The Morgan fingerprint density at radius 2 is 2.23 bits per heavy atom. The molecule has 2 nitrogen and oxygen atoms in total. The van der Waals surface area contributed by atoms with Gasteiger partial charge in [0, 0.05) is 7.05 Å². The summed E-state index contributed by atoms with van der Waals surface area (Å²) < 4.78 is 0. The molecule has 0 bridgehead atoms. The number of likely N-dealkylation sites (tertiary alicyclic amines) is 1. The molecular weight excluding hydrogens is 162 g/mol. The molecule has 2 heteroatoms. The molecule has 0 spiro atoms. The van der Waals surface area contributed by atoms with Crippen LogP contribution < -0.4 is 0 Å². The number of carbonyl (C=O) groups is 1. The number of hydrogen-bond donors (Lipinski definition) is 0. The van der Waals surface area contributed by atoms with Crippen LogP contribution in [0.3, 0.4) is 0 Å². The van der Waals surface area contributed by atoms with Crippen LogP contribution in [0.2, 0.25) is 0 Å². The highest BCUT2D eigenvalue weighted by Gasteiger charge is 2.56. The minimum Gasteiger partial charge on any atom is -0.339 e. The second kappa shape index (κ2) is 3.00. The molecule has 74 valence electrons. The highest BCUT2D eigenvalue weighted by atomic mass is 16.2. The Labute approximate surface area is 80.3 Å². The van der Waals surface area contributed by atoms with Crippen LogP contribution in [0, 0.1) is 5.92 Å². The quantitative estimate of drug-likeness (QED) is 0.568. The first-order chi connectivity index (χ1) is 6.22. The lowest BCUT2D eigenvalue weighted by molar-refractivity contribution is -0.169. The zero-order chi connectivity index (χ0) is 9.47. The van der Waals surface area contributed by atoms with Gasteiger partial charge in [-0.25, -0.2) is 0 Å². The average Bonchev–Trinajstić information content (AvgIpc) is 2.36. The third kappa shape index (κ3) is 1.04. The topological polar surface area (TPSA) is 20.3 Å². The lowest BCUT2D eigenvalue weighted by Gasteiger charge is -2.56. The van der Waals surface area contributed by atoms with Crippen molar-refractivity contribution < 1.29 is 4.79 Å². The van der Waals surface area contributed by atoms with Crippen LogP contribution in [0.4, 0.5) is 0 Å². The van der Waals surface area contributed by atoms with Gasteiger partial charge in [0.05, 0.1) is 11.5 Å². The zero-order valence-corrected chi connectivity index (χ0v) is 8.68. The van der Waals surface area contributed by atoms with Crippen molar-refractivity contribution in [2.24, 2.45) is 5.92 Å². The van der Waals surface area contributed by atoms with Crippen molar-refractivity contribution in [3.05, 3.63) is 0 Å². The van der Waals surface area contributed by atoms with E-state index in [-0.39, 0.29) is 5.54 Å². The third-order valence-corrected chi connectivity index (χ3v) is 4.16. The maximum Gasteiger partial charge on any atom is 0.228 e. The van der Waals surface area contributed by atoms with Gasteiger partial charge in [-0.15, -0.1) is 0 Å². The molecule has 2 rings (SSSR count). The summed E-state index contributed by atoms with van der Waals surface area (Å²) >= 11 is 0. The molecule has 0 aromatic heterocycles. The molecule has 1 heterocycles. The van der Waals surface area contributed by atoms with Gasteiger partial charge < -0.3 is 4.90 Å². The molecule has 0 radical (unpaired) electrons. The van der Waals surface area contributed by atoms with Gasteiger partial charge in [0.25, 0.3) is 0 Å². The second-order valence-corrected chi connectivity index (χ2v) is 4.51. The molecule has 0 aromatic carbocycles. The van der Waals surface area contributed by atoms with Crippen LogP contribution in [-0.2, 0) is 4.79 Å². The second-order valence-electron chi connectivity index (χ2n) is 4.51. The number of nitrogens with zero attached hydrogens (tertiary/aromatic N) is 1. The van der Waals surface area contributed by atoms with E-state index in [4.69, 9.17) is 0 Å². The van der Waals surface area contributed by atoms with E-state index in [1.54, 1.807) is 0 Å². The molecule has 0 aromatic rings. The van der Waals surface area contributed by atoms with Gasteiger partial charge in [0.1, 0.15) is 0 Å². The standard InChI is InChI=1S/C11H19NO/c1-3-11-8-6-4-5-7-9(11)10(13)12(11)2/h9H,3-8H2,1-2H3/t9-,11-/m0/s1. The summed E-state index contributed by atoms with van der Waals surface area (Å²) in [6.45, 7) is 2.22. The molecule has 0 unspecified atom stereocenters. The smallest absolute Gasteiger partial charge is 0.228 e. The van der Waals surface area contributed by atoms with E-state index in [9.17, 15) is 4.79 Å². The van der Waals surface area contributed by atoms with Gasteiger partial charge >= 0.3 is 0 Å². The molecule has 1 amide bonds. The predicted octanol–water partition coefficient (Wildman–Crippen LogP) is 2.19. The average molecular weight is 181 g/mol. The number of carbonyl (C=O) groups excluding carboxylic acids is 1. The lowest BCUT2D eigenvalue weighted by atomic mass is 9.69. The Bertz CT molecular complexity index is 226. The van der Waals surface area contributed by atoms with Crippen molar-refractivity contribution in [3.8, 4) is 0 Å². The summed E-state index contributed by atoms with van der Waals surface area (Å²) in [6.07, 6.45) is 7.39. The fraction of sp³-hybridized carbons (Fsp3) is 0.909. The normalized spacial score (nSPS) is 39.4. The van der Waals surface area contributed by atoms with E-state index in [1.165, 1.54) is 25.7 Å². The van der Waals surface area contributed by atoms with E-state index in [2.05, 4.69) is 6.92 Å². The largest absolute Gasteiger partial charge is 0.339 e. The summed E-state index contributed by atoms with van der Waals surface area (Å²) in [5.41, 5.74) is 0.258. The van der Waals surface area contributed by atoms with Crippen molar-refractivity contribution in [1.29, 1.82) is 0 Å². The molecule has 2 fully saturated rings. The third-order valence-electron chi connectivity index (χ3n) is 4.16. The SMILES string of the molecule is CC[C@]12CCCCC[C@H]1C(=O)N2C. The van der Waals surface area contributed by atoms with Gasteiger partial charge in [-0.3, -0.25) is 4.79 Å². The van der Waals surface area contributed by atoms with Crippen LogP contribution >= 0.6 is 0 Å². The Balaban J connectivity index is 2.21. The molecule has 2 aliphatic rings. The minimum atomic E-state index is 0.258. The van der Waals surface area contributed by atoms with Crippen LogP contribution in [0.5, 0.6) is 0 Å². The van der Waals surface area contributed by atoms with Gasteiger partial charge in [-0.05, 0) is 19.3 Å². The van der Waals surface area contributed by atoms with Crippen LogP contribution in [0.15, 0.2) is 0 Å². The molecule has 1 aliphatic carbocycles. The lowest BCUT2D eigenvalue weighted by Crippen LogP contribution is -2.68. The number of amides is 1. The summed E-state index contributed by atoms with van der Waals surface area (Å²) in [6, 6.07) is 0. The first-order valence-electron chi connectivity index (χ1n) is 5.50. The van der Waals surface area contributed by atoms with Gasteiger partial charge in [-0.2, -0.15) is 0 Å². The van der Waals surface area contributed by atoms with E-state index in [0.29, 0.717) is 11.8 Å². The summed E-state index contributed by atoms with van der Waals surface area (Å²) in [7, 11) is 1.98. The first kappa shape index (κ1) is 9.04. The van der Waals surface area contributed by atoms with Crippen molar-refractivity contribution in [2.75, 3.05) is 7.05 Å². The number of hydrogen-bond acceptors (Lipinski definition) is 1.